The second-order valence-electron chi connectivity index (χ2n) is 6.65. The molecule has 1 unspecified atom stereocenters. The zero-order valence-electron chi connectivity index (χ0n) is 12.2. The fraction of sp³-hybridized carbons (Fsp3) is 0.933. The van der Waals surface area contributed by atoms with Gasteiger partial charge in [0, 0.05) is 19.0 Å². The van der Waals surface area contributed by atoms with E-state index in [1.165, 1.54) is 19.3 Å². The van der Waals surface area contributed by atoms with Gasteiger partial charge in [0.2, 0.25) is 0 Å². The average Bonchev–Trinajstić information content (AvgIpc) is 2.37. The quantitative estimate of drug-likeness (QED) is 0.842. The number of morpholine rings is 1. The van der Waals surface area contributed by atoms with Crippen molar-refractivity contribution in [2.24, 2.45) is 5.92 Å². The van der Waals surface area contributed by atoms with E-state index in [-0.39, 0.29) is 24.2 Å². The first-order chi connectivity index (χ1) is 9.00. The predicted octanol–water partition coefficient (Wildman–Crippen LogP) is 1.61. The molecule has 1 N–H and O–H groups in total. The summed E-state index contributed by atoms with van der Waals surface area (Å²) in [6, 6.07) is 0. The molecule has 1 atom stereocenters. The maximum Gasteiger partial charge on any atom is 0.149 e. The molecule has 2 aliphatic rings. The Morgan fingerprint density at radius 2 is 2.00 bits per heavy atom. The Morgan fingerprint density at radius 1 is 1.32 bits per heavy atom. The van der Waals surface area contributed by atoms with Crippen LogP contribution in [0.2, 0.25) is 0 Å². The molecule has 4 heteroatoms. The van der Waals surface area contributed by atoms with Gasteiger partial charge < -0.3 is 9.84 Å². The van der Waals surface area contributed by atoms with Crippen LogP contribution in [0.5, 0.6) is 0 Å². The van der Waals surface area contributed by atoms with E-state index in [0.717, 1.165) is 19.4 Å². The summed E-state index contributed by atoms with van der Waals surface area (Å²) in [7, 11) is 0. The number of nitrogens with zero attached hydrogens (tertiary/aromatic N) is 1. The zero-order valence-corrected chi connectivity index (χ0v) is 12.2. The van der Waals surface area contributed by atoms with E-state index < -0.39 is 0 Å². The van der Waals surface area contributed by atoms with Crippen LogP contribution in [-0.2, 0) is 9.53 Å². The monoisotopic (exact) mass is 269 g/mol. The highest BCUT2D eigenvalue weighted by atomic mass is 16.5. The third-order valence-corrected chi connectivity index (χ3v) is 4.20. The van der Waals surface area contributed by atoms with Crippen LogP contribution < -0.4 is 0 Å². The first-order valence-electron chi connectivity index (χ1n) is 7.54. The van der Waals surface area contributed by atoms with E-state index in [2.05, 4.69) is 4.90 Å². The molecule has 0 amide bonds. The summed E-state index contributed by atoms with van der Waals surface area (Å²) in [6.45, 7) is 6.02. The van der Waals surface area contributed by atoms with E-state index in [0.29, 0.717) is 18.9 Å². The summed E-state index contributed by atoms with van der Waals surface area (Å²) >= 11 is 0. The molecule has 0 spiro atoms. The number of hydrogen-bond acceptors (Lipinski definition) is 4. The number of hydrogen-bond donors (Lipinski definition) is 1. The number of ether oxygens (including phenoxy) is 1. The standard InChI is InChI=1S/C15H27NO3/c1-15(2)11-16(8-13(10-17)19-15)9-14(18)12-6-4-3-5-7-12/h12-13,17H,3-11H2,1-2H3. The molecule has 4 nitrogen and oxygen atoms in total. The minimum atomic E-state index is -0.279. The van der Waals surface area contributed by atoms with Crippen LogP contribution in [0.15, 0.2) is 0 Å². The van der Waals surface area contributed by atoms with Crippen molar-refractivity contribution in [3.63, 3.8) is 0 Å². The molecule has 1 saturated heterocycles. The molecule has 0 aromatic rings. The number of aliphatic hydroxyl groups excluding tert-OH is 1. The molecule has 1 aliphatic heterocycles. The minimum Gasteiger partial charge on any atom is -0.394 e. The Bertz CT molecular complexity index is 311. The number of ketones is 1. The summed E-state index contributed by atoms with van der Waals surface area (Å²) in [5.41, 5.74) is -0.279. The Balaban J connectivity index is 1.88. The van der Waals surface area contributed by atoms with Gasteiger partial charge in [-0.25, -0.2) is 0 Å². The Kier molecular flexibility index (Phi) is 4.98. The van der Waals surface area contributed by atoms with Crippen molar-refractivity contribution >= 4 is 5.78 Å². The number of carbonyl (C=O) groups excluding carboxylic acids is 1. The van der Waals surface area contributed by atoms with Crippen LogP contribution in [-0.4, -0.2) is 53.7 Å². The molecule has 2 fully saturated rings. The van der Waals surface area contributed by atoms with Crippen LogP contribution in [0, 0.1) is 5.92 Å². The van der Waals surface area contributed by atoms with Gasteiger partial charge in [0.1, 0.15) is 5.78 Å². The second-order valence-corrected chi connectivity index (χ2v) is 6.65. The van der Waals surface area contributed by atoms with Crippen molar-refractivity contribution < 1.29 is 14.6 Å². The van der Waals surface area contributed by atoms with Crippen LogP contribution in [0.4, 0.5) is 0 Å². The van der Waals surface area contributed by atoms with Crippen molar-refractivity contribution in [3.8, 4) is 0 Å². The molecule has 1 heterocycles. The highest BCUT2D eigenvalue weighted by molar-refractivity contribution is 5.83. The van der Waals surface area contributed by atoms with Crippen molar-refractivity contribution in [2.75, 3.05) is 26.2 Å². The third kappa shape index (κ3) is 4.26. The summed E-state index contributed by atoms with van der Waals surface area (Å²) in [6.07, 6.45) is 5.64. The van der Waals surface area contributed by atoms with E-state index in [4.69, 9.17) is 4.74 Å². The molecule has 1 saturated carbocycles. The predicted molar refractivity (Wildman–Crippen MR) is 74.1 cm³/mol. The fourth-order valence-corrected chi connectivity index (χ4v) is 3.41. The summed E-state index contributed by atoms with van der Waals surface area (Å²) in [5, 5.41) is 9.29. The Morgan fingerprint density at radius 3 is 2.63 bits per heavy atom. The zero-order chi connectivity index (χ0) is 13.9. The maximum atomic E-state index is 12.3. The lowest BCUT2D eigenvalue weighted by Crippen LogP contribution is -2.55. The first-order valence-corrected chi connectivity index (χ1v) is 7.54. The van der Waals surface area contributed by atoms with Gasteiger partial charge in [-0.3, -0.25) is 9.69 Å². The highest BCUT2D eigenvalue weighted by Gasteiger charge is 2.34. The van der Waals surface area contributed by atoms with Gasteiger partial charge in [0.15, 0.2) is 0 Å². The van der Waals surface area contributed by atoms with E-state index in [9.17, 15) is 9.90 Å². The Hall–Kier alpha value is -0.450. The number of Topliss-reactive ketones (excluding diaryl/α,β-unsaturated/α-hetero) is 1. The van der Waals surface area contributed by atoms with Crippen LogP contribution in [0.3, 0.4) is 0 Å². The normalized spacial score (nSPS) is 29.3. The molecule has 0 bridgehead atoms. The van der Waals surface area contributed by atoms with Crippen molar-refractivity contribution in [3.05, 3.63) is 0 Å². The topological polar surface area (TPSA) is 49.8 Å². The summed E-state index contributed by atoms with van der Waals surface area (Å²) in [5.74, 6) is 0.654. The maximum absolute atomic E-state index is 12.3. The molecule has 0 aromatic heterocycles. The van der Waals surface area contributed by atoms with Gasteiger partial charge in [0.25, 0.3) is 0 Å². The number of aliphatic hydroxyl groups is 1. The van der Waals surface area contributed by atoms with Crippen molar-refractivity contribution in [1.82, 2.24) is 4.90 Å². The van der Waals surface area contributed by atoms with Gasteiger partial charge >= 0.3 is 0 Å². The van der Waals surface area contributed by atoms with Gasteiger partial charge in [-0.1, -0.05) is 19.3 Å². The minimum absolute atomic E-state index is 0.0253. The van der Waals surface area contributed by atoms with Gasteiger partial charge in [-0.15, -0.1) is 0 Å². The average molecular weight is 269 g/mol. The SMILES string of the molecule is CC1(C)CN(CC(=O)C2CCCCC2)CC(CO)O1. The molecule has 110 valence electrons. The Labute approximate surface area is 116 Å². The van der Waals surface area contributed by atoms with Crippen LogP contribution in [0.25, 0.3) is 0 Å². The van der Waals surface area contributed by atoms with Crippen LogP contribution >= 0.6 is 0 Å². The van der Waals surface area contributed by atoms with E-state index in [1.54, 1.807) is 0 Å². The first kappa shape index (κ1) is 14.9. The van der Waals surface area contributed by atoms with Crippen LogP contribution in [0.1, 0.15) is 46.0 Å². The van der Waals surface area contributed by atoms with Crippen molar-refractivity contribution in [2.45, 2.75) is 57.7 Å². The third-order valence-electron chi connectivity index (χ3n) is 4.20. The smallest absolute Gasteiger partial charge is 0.149 e. The molecule has 0 aromatic carbocycles. The lowest BCUT2D eigenvalue weighted by molar-refractivity contribution is -0.153. The van der Waals surface area contributed by atoms with E-state index >= 15 is 0 Å². The lowest BCUT2D eigenvalue weighted by Gasteiger charge is -2.42. The number of carbonyl (C=O) groups is 1. The fourth-order valence-electron chi connectivity index (χ4n) is 3.41. The summed E-state index contributed by atoms with van der Waals surface area (Å²) < 4.78 is 5.78. The van der Waals surface area contributed by atoms with Gasteiger partial charge in [-0.2, -0.15) is 0 Å². The highest BCUT2D eigenvalue weighted by Crippen LogP contribution is 2.26. The molecule has 1 aliphatic carbocycles. The number of rotatable bonds is 4. The van der Waals surface area contributed by atoms with Crippen molar-refractivity contribution in [1.29, 1.82) is 0 Å². The second kappa shape index (κ2) is 6.33. The largest absolute Gasteiger partial charge is 0.394 e. The molecule has 2 rings (SSSR count). The molecule has 19 heavy (non-hydrogen) atoms. The van der Waals surface area contributed by atoms with Gasteiger partial charge in [0.05, 0.1) is 24.9 Å². The molecular weight excluding hydrogens is 242 g/mol. The molecule has 0 radical (unpaired) electrons. The molecular formula is C15H27NO3. The lowest BCUT2D eigenvalue weighted by atomic mass is 9.86. The summed E-state index contributed by atoms with van der Waals surface area (Å²) in [4.78, 5) is 14.5. The van der Waals surface area contributed by atoms with E-state index in [1.807, 2.05) is 13.8 Å². The van der Waals surface area contributed by atoms with Gasteiger partial charge in [-0.05, 0) is 26.7 Å².